The van der Waals surface area contributed by atoms with E-state index in [2.05, 4.69) is 16.8 Å². The molecule has 102 valence electrons. The van der Waals surface area contributed by atoms with E-state index in [4.69, 9.17) is 4.74 Å². The lowest BCUT2D eigenvalue weighted by molar-refractivity contribution is 0.102. The zero-order chi connectivity index (χ0) is 12.7. The van der Waals surface area contributed by atoms with Crippen LogP contribution in [0.1, 0.15) is 33.1 Å². The van der Waals surface area contributed by atoms with Crippen molar-refractivity contribution in [1.29, 1.82) is 0 Å². The third-order valence-corrected chi connectivity index (χ3v) is 3.92. The van der Waals surface area contributed by atoms with E-state index in [-0.39, 0.29) is 0 Å². The summed E-state index contributed by atoms with van der Waals surface area (Å²) in [6.07, 6.45) is 4.48. The van der Waals surface area contributed by atoms with Crippen molar-refractivity contribution in [3.05, 3.63) is 0 Å². The molecule has 0 radical (unpaired) electrons. The first-order valence-corrected chi connectivity index (χ1v) is 7.21. The van der Waals surface area contributed by atoms with E-state index >= 15 is 0 Å². The second-order valence-electron chi connectivity index (χ2n) is 5.15. The Hall–Kier alpha value is -0.120. The molecule has 2 saturated heterocycles. The van der Waals surface area contributed by atoms with Gasteiger partial charge < -0.3 is 14.5 Å². The molecule has 0 N–H and O–H groups in total. The van der Waals surface area contributed by atoms with E-state index in [0.29, 0.717) is 6.10 Å². The SMILES string of the molecule is CC.COC1CCN(CC2CCN(C)CC2)C1. The van der Waals surface area contributed by atoms with Gasteiger partial charge in [0.15, 0.2) is 0 Å². The van der Waals surface area contributed by atoms with Crippen LogP contribution in [0.4, 0.5) is 0 Å². The van der Waals surface area contributed by atoms with E-state index < -0.39 is 0 Å². The maximum absolute atomic E-state index is 5.40. The van der Waals surface area contributed by atoms with Crippen LogP contribution in [0.15, 0.2) is 0 Å². The Morgan fingerprint density at radius 3 is 2.24 bits per heavy atom. The Labute approximate surface area is 107 Å². The van der Waals surface area contributed by atoms with Gasteiger partial charge in [0.1, 0.15) is 0 Å². The number of hydrogen-bond donors (Lipinski definition) is 0. The summed E-state index contributed by atoms with van der Waals surface area (Å²) < 4.78 is 5.40. The topological polar surface area (TPSA) is 15.7 Å². The van der Waals surface area contributed by atoms with Crippen LogP contribution in [0.5, 0.6) is 0 Å². The third kappa shape index (κ3) is 4.94. The lowest BCUT2D eigenvalue weighted by Gasteiger charge is -2.31. The molecule has 0 saturated carbocycles. The number of rotatable bonds is 3. The third-order valence-electron chi connectivity index (χ3n) is 3.92. The predicted molar refractivity (Wildman–Crippen MR) is 73.4 cm³/mol. The van der Waals surface area contributed by atoms with Gasteiger partial charge in [0.05, 0.1) is 6.10 Å². The second-order valence-corrected chi connectivity index (χ2v) is 5.15. The smallest absolute Gasteiger partial charge is 0.0710 e. The first kappa shape index (κ1) is 14.9. The minimum absolute atomic E-state index is 0.497. The molecule has 2 rings (SSSR count). The summed E-state index contributed by atoms with van der Waals surface area (Å²) in [7, 11) is 4.07. The molecule has 3 heteroatoms. The summed E-state index contributed by atoms with van der Waals surface area (Å²) in [5, 5.41) is 0. The molecule has 0 bridgehead atoms. The van der Waals surface area contributed by atoms with Crippen molar-refractivity contribution < 1.29 is 4.74 Å². The van der Waals surface area contributed by atoms with Crippen molar-refractivity contribution in [3.63, 3.8) is 0 Å². The van der Waals surface area contributed by atoms with Crippen molar-refractivity contribution in [1.82, 2.24) is 9.80 Å². The average Bonchev–Trinajstić information content (AvgIpc) is 2.82. The molecule has 17 heavy (non-hydrogen) atoms. The largest absolute Gasteiger partial charge is 0.380 e. The Kier molecular flexibility index (Phi) is 7.09. The maximum Gasteiger partial charge on any atom is 0.0710 e. The molecule has 0 aromatic carbocycles. The molecule has 2 aliphatic heterocycles. The lowest BCUT2D eigenvalue weighted by atomic mass is 9.97. The number of likely N-dealkylation sites (tertiary alicyclic amines) is 2. The van der Waals surface area contributed by atoms with Crippen LogP contribution in [0, 0.1) is 5.92 Å². The molecule has 2 heterocycles. The normalized spacial score (nSPS) is 27.9. The van der Waals surface area contributed by atoms with Crippen molar-refractivity contribution >= 4 is 0 Å². The van der Waals surface area contributed by atoms with Crippen LogP contribution < -0.4 is 0 Å². The molecular formula is C14H30N2O. The fourth-order valence-corrected chi connectivity index (χ4v) is 2.77. The van der Waals surface area contributed by atoms with Crippen LogP contribution >= 0.6 is 0 Å². The second kappa shape index (κ2) is 8.06. The van der Waals surface area contributed by atoms with Gasteiger partial charge in [0.2, 0.25) is 0 Å². The molecular weight excluding hydrogens is 212 g/mol. The van der Waals surface area contributed by atoms with Crippen LogP contribution in [0.3, 0.4) is 0 Å². The predicted octanol–water partition coefficient (Wildman–Crippen LogP) is 2.08. The number of nitrogens with zero attached hydrogens (tertiary/aromatic N) is 2. The van der Waals surface area contributed by atoms with Crippen LogP contribution in [-0.4, -0.2) is 62.8 Å². The quantitative estimate of drug-likeness (QED) is 0.753. The van der Waals surface area contributed by atoms with E-state index in [0.717, 1.165) is 12.5 Å². The molecule has 1 atom stereocenters. The molecule has 0 aromatic rings. The zero-order valence-electron chi connectivity index (χ0n) is 12.1. The fraction of sp³-hybridized carbons (Fsp3) is 1.00. The van der Waals surface area contributed by atoms with Crippen molar-refractivity contribution in [3.8, 4) is 0 Å². The molecule has 0 aromatic heterocycles. The minimum atomic E-state index is 0.497. The van der Waals surface area contributed by atoms with Gasteiger partial charge in [0.25, 0.3) is 0 Å². The molecule has 0 amide bonds. The Bertz CT molecular complexity index is 191. The Balaban J connectivity index is 0.000000686. The highest BCUT2D eigenvalue weighted by molar-refractivity contribution is 4.80. The highest BCUT2D eigenvalue weighted by Gasteiger charge is 2.25. The van der Waals surface area contributed by atoms with Gasteiger partial charge in [-0.25, -0.2) is 0 Å². The monoisotopic (exact) mass is 242 g/mol. The van der Waals surface area contributed by atoms with E-state index in [9.17, 15) is 0 Å². The summed E-state index contributed by atoms with van der Waals surface area (Å²) in [5.41, 5.74) is 0. The standard InChI is InChI=1S/C12H24N2O.C2H6/c1-13-6-3-11(4-7-13)9-14-8-5-12(10-14)15-2;1-2/h11-12H,3-10H2,1-2H3;1-2H3. The number of hydrogen-bond acceptors (Lipinski definition) is 3. The number of methoxy groups -OCH3 is 1. The highest BCUT2D eigenvalue weighted by Crippen LogP contribution is 2.20. The van der Waals surface area contributed by atoms with Gasteiger partial charge in [0, 0.05) is 26.7 Å². The summed E-state index contributed by atoms with van der Waals surface area (Å²) in [6, 6.07) is 0. The maximum atomic E-state index is 5.40. The first-order chi connectivity index (χ1) is 8.28. The van der Waals surface area contributed by atoms with Gasteiger partial charge in [-0.15, -0.1) is 0 Å². The molecule has 2 fully saturated rings. The summed E-state index contributed by atoms with van der Waals surface area (Å²) in [4.78, 5) is 5.03. The minimum Gasteiger partial charge on any atom is -0.380 e. The van der Waals surface area contributed by atoms with Crippen molar-refractivity contribution in [2.24, 2.45) is 5.92 Å². The zero-order valence-corrected chi connectivity index (χ0v) is 12.1. The van der Waals surface area contributed by atoms with Gasteiger partial charge in [-0.1, -0.05) is 13.8 Å². The molecule has 0 spiro atoms. The van der Waals surface area contributed by atoms with Gasteiger partial charge >= 0.3 is 0 Å². The summed E-state index contributed by atoms with van der Waals surface area (Å²) in [6.45, 7) is 10.3. The van der Waals surface area contributed by atoms with Crippen molar-refractivity contribution in [2.75, 3.05) is 46.9 Å². The Morgan fingerprint density at radius 2 is 1.71 bits per heavy atom. The fourth-order valence-electron chi connectivity index (χ4n) is 2.77. The van der Waals surface area contributed by atoms with E-state index in [1.54, 1.807) is 0 Å². The van der Waals surface area contributed by atoms with Crippen LogP contribution in [-0.2, 0) is 4.74 Å². The van der Waals surface area contributed by atoms with E-state index in [1.807, 2.05) is 21.0 Å². The Morgan fingerprint density at radius 1 is 1.06 bits per heavy atom. The summed E-state index contributed by atoms with van der Waals surface area (Å²) >= 11 is 0. The van der Waals surface area contributed by atoms with Gasteiger partial charge in [-0.05, 0) is 45.3 Å². The number of piperidine rings is 1. The number of ether oxygens (including phenoxy) is 1. The molecule has 2 aliphatic rings. The average molecular weight is 242 g/mol. The van der Waals surface area contributed by atoms with Gasteiger partial charge in [-0.3, -0.25) is 0 Å². The molecule has 1 unspecified atom stereocenters. The molecule has 3 nitrogen and oxygen atoms in total. The van der Waals surface area contributed by atoms with Gasteiger partial charge in [-0.2, -0.15) is 0 Å². The van der Waals surface area contributed by atoms with E-state index in [1.165, 1.54) is 45.4 Å². The highest BCUT2D eigenvalue weighted by atomic mass is 16.5. The van der Waals surface area contributed by atoms with Crippen LogP contribution in [0.2, 0.25) is 0 Å². The molecule has 0 aliphatic carbocycles. The van der Waals surface area contributed by atoms with Crippen LogP contribution in [0.25, 0.3) is 0 Å². The van der Waals surface area contributed by atoms with Crippen molar-refractivity contribution in [2.45, 2.75) is 39.2 Å². The first-order valence-electron chi connectivity index (χ1n) is 7.21. The lowest BCUT2D eigenvalue weighted by Crippen LogP contribution is -2.36. The summed E-state index contributed by atoms with van der Waals surface area (Å²) in [5.74, 6) is 0.928.